The molecule has 0 aromatic heterocycles. The first kappa shape index (κ1) is 29.9. The van der Waals surface area contributed by atoms with Gasteiger partial charge in [0, 0.05) is 17.8 Å². The van der Waals surface area contributed by atoms with Gasteiger partial charge in [0.2, 0.25) is 5.91 Å². The standard InChI is InChI=1S/C20H20N2O5.C18H16/c1-13-8-14(4-5-17(13)22(24)25)9-20(23)21-7-6-15-10-18(26-2)19(27-3)11-16(15)12-21;1-3-7-15-13(5-1)9-11-18-16-8-4-2-6-14(16)10-12-17(15)18/h4-8,10-11H,9,12H2,1-3H3;1,3,5,7,9-12H,2,4,6,8H2. The molecule has 0 bridgehead atoms. The Balaban J connectivity index is 0.000000171. The average molecular weight is 601 g/mol. The molecule has 2 aliphatic rings. The molecule has 0 atom stereocenters. The molecule has 0 saturated carbocycles. The monoisotopic (exact) mass is 600 g/mol. The zero-order valence-corrected chi connectivity index (χ0v) is 25.8. The smallest absolute Gasteiger partial charge is 0.272 e. The first-order valence-corrected chi connectivity index (χ1v) is 15.2. The van der Waals surface area contributed by atoms with Crippen LogP contribution in [0.15, 0.2) is 85.1 Å². The molecule has 1 heterocycles. The molecule has 0 fully saturated rings. The summed E-state index contributed by atoms with van der Waals surface area (Å²) in [5.74, 6) is 1.17. The van der Waals surface area contributed by atoms with Crippen molar-refractivity contribution in [2.45, 2.75) is 45.6 Å². The number of benzene rings is 5. The Morgan fingerprint density at radius 3 is 2.38 bits per heavy atom. The summed E-state index contributed by atoms with van der Waals surface area (Å²) in [5, 5.41) is 16.6. The molecular weight excluding hydrogens is 564 g/mol. The maximum atomic E-state index is 12.7. The number of fused-ring (bicyclic) bond motifs is 6. The Hall–Kier alpha value is -5.17. The molecule has 0 spiro atoms. The van der Waals surface area contributed by atoms with Gasteiger partial charge in [-0.2, -0.15) is 0 Å². The van der Waals surface area contributed by atoms with Crippen LogP contribution in [-0.4, -0.2) is 29.9 Å². The predicted octanol–water partition coefficient (Wildman–Crippen LogP) is 8.35. The van der Waals surface area contributed by atoms with Crippen molar-refractivity contribution >= 4 is 39.2 Å². The highest BCUT2D eigenvalue weighted by atomic mass is 16.6. The molecule has 1 aliphatic carbocycles. The molecule has 5 aromatic carbocycles. The fraction of sp³-hybridized carbons (Fsp3) is 0.237. The van der Waals surface area contributed by atoms with E-state index in [1.807, 2.05) is 18.2 Å². The van der Waals surface area contributed by atoms with E-state index in [1.165, 1.54) is 53.3 Å². The minimum absolute atomic E-state index is 0.0547. The summed E-state index contributed by atoms with van der Waals surface area (Å²) < 4.78 is 10.6. The predicted molar refractivity (Wildman–Crippen MR) is 179 cm³/mol. The largest absolute Gasteiger partial charge is 0.493 e. The van der Waals surface area contributed by atoms with Gasteiger partial charge in [0.1, 0.15) is 0 Å². The highest BCUT2D eigenvalue weighted by molar-refractivity contribution is 6.08. The van der Waals surface area contributed by atoms with Crippen molar-refractivity contribution in [3.63, 3.8) is 0 Å². The summed E-state index contributed by atoms with van der Waals surface area (Å²) in [5.41, 5.74) is 6.45. The van der Waals surface area contributed by atoms with Crippen molar-refractivity contribution in [1.29, 1.82) is 0 Å². The Labute approximate surface area is 262 Å². The molecule has 0 N–H and O–H groups in total. The van der Waals surface area contributed by atoms with Crippen molar-refractivity contribution in [3.05, 3.63) is 129 Å². The van der Waals surface area contributed by atoms with E-state index in [-0.39, 0.29) is 18.0 Å². The van der Waals surface area contributed by atoms with Crippen LogP contribution in [0.4, 0.5) is 5.69 Å². The van der Waals surface area contributed by atoms with Crippen LogP contribution in [-0.2, 0) is 30.6 Å². The van der Waals surface area contributed by atoms with Crippen molar-refractivity contribution < 1.29 is 19.2 Å². The number of rotatable bonds is 5. The number of hydrogen-bond acceptors (Lipinski definition) is 5. The number of hydrogen-bond donors (Lipinski definition) is 0. The number of ether oxygens (including phenoxy) is 2. The Bertz CT molecular complexity index is 1960. The summed E-state index contributed by atoms with van der Waals surface area (Å²) in [6.45, 7) is 2.10. The number of methoxy groups -OCH3 is 2. The van der Waals surface area contributed by atoms with Crippen LogP contribution < -0.4 is 9.47 Å². The number of nitro benzene ring substituents is 1. The third kappa shape index (κ3) is 6.11. The normalized spacial score (nSPS) is 13.4. The minimum atomic E-state index is -0.424. The second-order valence-electron chi connectivity index (χ2n) is 11.6. The van der Waals surface area contributed by atoms with E-state index in [9.17, 15) is 14.9 Å². The van der Waals surface area contributed by atoms with Gasteiger partial charge in [0.15, 0.2) is 11.5 Å². The second kappa shape index (κ2) is 12.8. The van der Waals surface area contributed by atoms with E-state index in [1.54, 1.807) is 55.5 Å². The summed E-state index contributed by atoms with van der Waals surface area (Å²) >= 11 is 0. The van der Waals surface area contributed by atoms with Gasteiger partial charge in [-0.15, -0.1) is 0 Å². The van der Waals surface area contributed by atoms with Crippen LogP contribution in [0.3, 0.4) is 0 Å². The van der Waals surface area contributed by atoms with Gasteiger partial charge >= 0.3 is 0 Å². The van der Waals surface area contributed by atoms with Gasteiger partial charge in [0.25, 0.3) is 5.69 Å². The molecule has 5 aromatic rings. The van der Waals surface area contributed by atoms with E-state index in [0.29, 0.717) is 23.6 Å². The molecule has 1 aliphatic heterocycles. The molecular formula is C38H36N2O5. The van der Waals surface area contributed by atoms with Crippen LogP contribution in [0.1, 0.15) is 46.2 Å². The number of carbonyl (C=O) groups is 1. The molecule has 0 radical (unpaired) electrons. The number of amides is 1. The summed E-state index contributed by atoms with van der Waals surface area (Å²) in [6.07, 6.45) is 8.99. The molecule has 0 saturated heterocycles. The van der Waals surface area contributed by atoms with Gasteiger partial charge < -0.3 is 14.4 Å². The van der Waals surface area contributed by atoms with Crippen LogP contribution in [0.25, 0.3) is 27.6 Å². The molecule has 7 nitrogen and oxygen atoms in total. The number of carbonyl (C=O) groups excluding carboxylic acids is 1. The Kier molecular flexibility index (Phi) is 8.52. The molecule has 7 rings (SSSR count). The zero-order valence-electron chi connectivity index (χ0n) is 25.8. The lowest BCUT2D eigenvalue weighted by atomic mass is 9.86. The third-order valence-corrected chi connectivity index (χ3v) is 8.81. The van der Waals surface area contributed by atoms with Crippen molar-refractivity contribution in [3.8, 4) is 11.5 Å². The van der Waals surface area contributed by atoms with Crippen LogP contribution in [0, 0.1) is 17.0 Å². The lowest BCUT2D eigenvalue weighted by Crippen LogP contribution is -2.28. The molecule has 45 heavy (non-hydrogen) atoms. The van der Waals surface area contributed by atoms with Crippen molar-refractivity contribution in [2.24, 2.45) is 0 Å². The SMILES string of the molecule is COc1cc2c(cc1OC)CN(C(=O)Cc1ccc([N+](=O)[O-])c(C)c1)C=C2.c1ccc2c(c1)ccc1c3c(ccc12)CCCC3. The zero-order chi connectivity index (χ0) is 31.5. The number of nitro groups is 1. The molecule has 0 unspecified atom stereocenters. The van der Waals surface area contributed by atoms with E-state index in [0.717, 1.165) is 16.7 Å². The van der Waals surface area contributed by atoms with E-state index >= 15 is 0 Å². The molecule has 1 amide bonds. The maximum absolute atomic E-state index is 12.7. The fourth-order valence-corrected chi connectivity index (χ4v) is 6.46. The van der Waals surface area contributed by atoms with Crippen molar-refractivity contribution in [1.82, 2.24) is 4.90 Å². The van der Waals surface area contributed by atoms with Crippen LogP contribution in [0.2, 0.25) is 0 Å². The third-order valence-electron chi connectivity index (χ3n) is 8.81. The highest BCUT2D eigenvalue weighted by Gasteiger charge is 2.21. The van der Waals surface area contributed by atoms with E-state index in [4.69, 9.17) is 9.47 Å². The van der Waals surface area contributed by atoms with Gasteiger partial charge in [-0.3, -0.25) is 14.9 Å². The van der Waals surface area contributed by atoms with Crippen molar-refractivity contribution in [2.75, 3.05) is 14.2 Å². The van der Waals surface area contributed by atoms with E-state index < -0.39 is 4.92 Å². The average Bonchev–Trinajstić information content (AvgIpc) is 3.07. The number of nitrogens with zero attached hydrogens (tertiary/aromatic N) is 2. The Morgan fingerprint density at radius 1 is 0.844 bits per heavy atom. The lowest BCUT2D eigenvalue weighted by molar-refractivity contribution is -0.385. The van der Waals surface area contributed by atoms with Gasteiger partial charge in [-0.25, -0.2) is 0 Å². The van der Waals surface area contributed by atoms with E-state index in [2.05, 4.69) is 48.5 Å². The topological polar surface area (TPSA) is 81.9 Å². The maximum Gasteiger partial charge on any atom is 0.272 e. The summed E-state index contributed by atoms with van der Waals surface area (Å²) in [7, 11) is 3.15. The number of aryl methyl sites for hydroxylation is 3. The minimum Gasteiger partial charge on any atom is -0.493 e. The summed E-state index contributed by atoms with van der Waals surface area (Å²) in [4.78, 5) is 24.8. The Morgan fingerprint density at radius 2 is 1.60 bits per heavy atom. The second-order valence-corrected chi connectivity index (χ2v) is 11.6. The molecule has 7 heteroatoms. The van der Waals surface area contributed by atoms with Gasteiger partial charge in [-0.1, -0.05) is 54.6 Å². The van der Waals surface area contributed by atoms with Crippen LogP contribution in [0.5, 0.6) is 11.5 Å². The van der Waals surface area contributed by atoms with Gasteiger partial charge in [-0.05, 0) is 106 Å². The fourth-order valence-electron chi connectivity index (χ4n) is 6.46. The van der Waals surface area contributed by atoms with Gasteiger partial charge in [0.05, 0.1) is 32.1 Å². The molecule has 228 valence electrons. The lowest BCUT2D eigenvalue weighted by Gasteiger charge is -2.25. The first-order valence-electron chi connectivity index (χ1n) is 15.2. The highest BCUT2D eigenvalue weighted by Crippen LogP contribution is 2.35. The first-order chi connectivity index (χ1) is 21.9. The summed E-state index contributed by atoms with van der Waals surface area (Å²) in [6, 6.07) is 26.5. The van der Waals surface area contributed by atoms with Crippen LogP contribution >= 0.6 is 0 Å². The quantitative estimate of drug-likeness (QED) is 0.115.